The Bertz CT molecular complexity index is 1040. The number of carbonyl (C=O) groups is 2. The summed E-state index contributed by atoms with van der Waals surface area (Å²) in [6, 6.07) is 15.4. The fraction of sp³-hybridized carbons (Fsp3) is 0.517. The van der Waals surface area contributed by atoms with Gasteiger partial charge in [0.15, 0.2) is 0 Å². The minimum atomic E-state index is -0.938. The first-order valence-corrected chi connectivity index (χ1v) is 13.2. The Balaban J connectivity index is 0.00000400. The Morgan fingerprint density at radius 2 is 1.53 bits per heavy atom. The van der Waals surface area contributed by atoms with Crippen LogP contribution in [0.2, 0.25) is 0 Å². The third-order valence-electron chi connectivity index (χ3n) is 7.05. The van der Waals surface area contributed by atoms with Crippen LogP contribution >= 0.6 is 12.4 Å². The van der Waals surface area contributed by atoms with Gasteiger partial charge in [-0.15, -0.1) is 12.4 Å². The lowest BCUT2D eigenvalue weighted by molar-refractivity contribution is -0.131. The molecular weight excluding hydrogens is 509 g/mol. The van der Waals surface area contributed by atoms with Crippen LogP contribution in [0.15, 0.2) is 48.5 Å². The monoisotopic (exact) mass is 547 g/mol. The topological polar surface area (TPSA) is 85.1 Å². The maximum absolute atomic E-state index is 13.4. The van der Waals surface area contributed by atoms with E-state index in [-0.39, 0.29) is 37.1 Å². The summed E-state index contributed by atoms with van der Waals surface area (Å²) in [6.45, 7) is 6.34. The lowest BCUT2D eigenvalue weighted by atomic mass is 9.98. The van der Waals surface area contributed by atoms with Crippen LogP contribution in [0.5, 0.6) is 5.75 Å². The van der Waals surface area contributed by atoms with Crippen molar-refractivity contribution in [3.63, 3.8) is 0 Å². The van der Waals surface area contributed by atoms with E-state index in [0.29, 0.717) is 45.0 Å². The molecular formula is C29H39ClFN3O4. The van der Waals surface area contributed by atoms with Crippen molar-refractivity contribution in [3.8, 4) is 16.9 Å². The summed E-state index contributed by atoms with van der Waals surface area (Å²) in [5, 5.41) is 0. The van der Waals surface area contributed by atoms with Crippen molar-refractivity contribution in [1.29, 1.82) is 0 Å². The standard InChI is InChI=1S/C29H38FN3O4.ClH/c1-20(2)37-29(35)32-14-11-22(12-15-32)19-36-26-9-7-24(8-10-26)23-5-3-21(4-6-23)17-27(31)28(34)33-16-13-25(30)18-33;/h3-10,20,22,25,27H,11-19,31H2,1-2H3;1H. The molecule has 2 saturated heterocycles. The molecule has 0 bridgehead atoms. The van der Waals surface area contributed by atoms with Gasteiger partial charge in [0.25, 0.3) is 0 Å². The van der Waals surface area contributed by atoms with E-state index in [1.807, 2.05) is 62.4 Å². The number of hydrogen-bond acceptors (Lipinski definition) is 5. The summed E-state index contributed by atoms with van der Waals surface area (Å²) in [5.41, 5.74) is 9.22. The zero-order valence-electron chi connectivity index (χ0n) is 22.2. The first kappa shape index (κ1) is 29.7. The molecule has 2 aliphatic rings. The Morgan fingerprint density at radius 3 is 2.08 bits per heavy atom. The van der Waals surface area contributed by atoms with Gasteiger partial charge in [0.2, 0.25) is 5.91 Å². The second-order valence-electron chi connectivity index (χ2n) is 10.4. The number of halogens is 2. The van der Waals surface area contributed by atoms with Gasteiger partial charge in [-0.25, -0.2) is 9.18 Å². The number of ether oxygens (including phenoxy) is 2. The van der Waals surface area contributed by atoms with Gasteiger partial charge in [-0.1, -0.05) is 36.4 Å². The van der Waals surface area contributed by atoms with Gasteiger partial charge in [0.1, 0.15) is 11.9 Å². The van der Waals surface area contributed by atoms with Gasteiger partial charge in [0.05, 0.1) is 25.3 Å². The quantitative estimate of drug-likeness (QED) is 0.510. The molecule has 0 radical (unpaired) electrons. The van der Waals surface area contributed by atoms with E-state index in [1.165, 1.54) is 4.90 Å². The Hall–Kier alpha value is -2.84. The molecule has 0 saturated carbocycles. The highest BCUT2D eigenvalue weighted by Gasteiger charge is 2.29. The number of likely N-dealkylation sites (tertiary alicyclic amines) is 2. The van der Waals surface area contributed by atoms with Crippen LogP contribution in [0.3, 0.4) is 0 Å². The van der Waals surface area contributed by atoms with Crippen molar-refractivity contribution >= 4 is 24.4 Å². The van der Waals surface area contributed by atoms with Gasteiger partial charge >= 0.3 is 6.09 Å². The van der Waals surface area contributed by atoms with Crippen LogP contribution in [-0.2, 0) is 16.0 Å². The van der Waals surface area contributed by atoms with Crippen molar-refractivity contribution in [1.82, 2.24) is 9.80 Å². The van der Waals surface area contributed by atoms with Gasteiger partial charge in [0, 0.05) is 19.6 Å². The zero-order valence-corrected chi connectivity index (χ0v) is 23.0. The normalized spacial score (nSPS) is 18.7. The van der Waals surface area contributed by atoms with E-state index < -0.39 is 12.2 Å². The van der Waals surface area contributed by atoms with Crippen molar-refractivity contribution in [2.24, 2.45) is 11.7 Å². The van der Waals surface area contributed by atoms with Crippen molar-refractivity contribution in [2.75, 3.05) is 32.8 Å². The van der Waals surface area contributed by atoms with E-state index >= 15 is 0 Å². The number of amides is 2. The highest BCUT2D eigenvalue weighted by molar-refractivity contribution is 5.85. The molecule has 2 N–H and O–H groups in total. The predicted octanol–water partition coefficient (Wildman–Crippen LogP) is 4.85. The third-order valence-corrected chi connectivity index (χ3v) is 7.05. The summed E-state index contributed by atoms with van der Waals surface area (Å²) in [4.78, 5) is 27.8. The summed E-state index contributed by atoms with van der Waals surface area (Å²) in [6.07, 6.45) is 1.36. The van der Waals surface area contributed by atoms with E-state index in [4.69, 9.17) is 15.2 Å². The fourth-order valence-electron chi connectivity index (χ4n) is 4.84. The molecule has 2 fully saturated rings. The van der Waals surface area contributed by atoms with E-state index in [1.54, 1.807) is 4.90 Å². The lowest BCUT2D eigenvalue weighted by Gasteiger charge is -2.31. The van der Waals surface area contributed by atoms with Crippen LogP contribution in [0.25, 0.3) is 11.1 Å². The van der Waals surface area contributed by atoms with Crippen LogP contribution in [0.4, 0.5) is 9.18 Å². The first-order chi connectivity index (χ1) is 17.8. The molecule has 2 amide bonds. The van der Waals surface area contributed by atoms with Crippen molar-refractivity contribution in [3.05, 3.63) is 54.1 Å². The molecule has 0 aliphatic carbocycles. The molecule has 2 unspecified atom stereocenters. The highest BCUT2D eigenvalue weighted by Crippen LogP contribution is 2.25. The summed E-state index contributed by atoms with van der Waals surface area (Å²) in [7, 11) is 0. The minimum absolute atomic E-state index is 0. The first-order valence-electron chi connectivity index (χ1n) is 13.2. The molecule has 38 heavy (non-hydrogen) atoms. The number of alkyl halides is 1. The Kier molecular flexibility index (Phi) is 10.8. The molecule has 2 heterocycles. The largest absolute Gasteiger partial charge is 0.493 e. The molecule has 2 atom stereocenters. The number of carbonyl (C=O) groups excluding carboxylic acids is 2. The molecule has 2 aliphatic heterocycles. The summed E-state index contributed by atoms with van der Waals surface area (Å²) < 4.78 is 24.7. The van der Waals surface area contributed by atoms with Crippen molar-refractivity contribution in [2.45, 2.75) is 57.8 Å². The van der Waals surface area contributed by atoms with E-state index in [9.17, 15) is 14.0 Å². The van der Waals surface area contributed by atoms with Gasteiger partial charge in [-0.3, -0.25) is 4.79 Å². The number of rotatable bonds is 8. The average Bonchev–Trinajstić information content (AvgIpc) is 3.34. The SMILES string of the molecule is CC(C)OC(=O)N1CCC(COc2ccc(-c3ccc(CC(N)C(=O)N4CCC(F)C4)cc3)cc2)CC1.Cl. The highest BCUT2D eigenvalue weighted by atomic mass is 35.5. The zero-order chi connectivity index (χ0) is 26.4. The lowest BCUT2D eigenvalue weighted by Crippen LogP contribution is -2.44. The van der Waals surface area contributed by atoms with Crippen LogP contribution in [-0.4, -0.2) is 72.9 Å². The molecule has 7 nitrogen and oxygen atoms in total. The van der Waals surface area contributed by atoms with Gasteiger partial charge in [-0.2, -0.15) is 0 Å². The van der Waals surface area contributed by atoms with Gasteiger partial charge in [-0.05, 0) is 74.3 Å². The second-order valence-corrected chi connectivity index (χ2v) is 10.4. The molecule has 0 spiro atoms. The van der Waals surface area contributed by atoms with E-state index in [2.05, 4.69) is 0 Å². The number of piperidine rings is 1. The smallest absolute Gasteiger partial charge is 0.410 e. The molecule has 9 heteroatoms. The Labute approximate surface area is 230 Å². The number of benzene rings is 2. The van der Waals surface area contributed by atoms with E-state index in [0.717, 1.165) is 35.3 Å². The summed E-state index contributed by atoms with van der Waals surface area (Å²) in [5.74, 6) is 1.06. The maximum Gasteiger partial charge on any atom is 0.410 e. The van der Waals surface area contributed by atoms with Crippen LogP contribution < -0.4 is 10.5 Å². The summed E-state index contributed by atoms with van der Waals surface area (Å²) >= 11 is 0. The molecule has 208 valence electrons. The average molecular weight is 548 g/mol. The van der Waals surface area contributed by atoms with Crippen LogP contribution in [0, 0.1) is 5.92 Å². The van der Waals surface area contributed by atoms with Crippen LogP contribution in [0.1, 0.15) is 38.7 Å². The number of nitrogens with two attached hydrogens (primary N) is 1. The van der Waals surface area contributed by atoms with Crippen molar-refractivity contribution < 1.29 is 23.5 Å². The molecule has 4 rings (SSSR count). The fourth-order valence-corrected chi connectivity index (χ4v) is 4.84. The number of hydrogen-bond donors (Lipinski definition) is 1. The third kappa shape index (κ3) is 8.08. The molecule has 2 aromatic carbocycles. The maximum atomic E-state index is 13.4. The second kappa shape index (κ2) is 13.8. The molecule has 0 aromatic heterocycles. The van der Waals surface area contributed by atoms with Gasteiger partial charge < -0.3 is 25.0 Å². The molecule has 2 aromatic rings. The Morgan fingerprint density at radius 1 is 0.947 bits per heavy atom. The predicted molar refractivity (Wildman–Crippen MR) is 148 cm³/mol. The minimum Gasteiger partial charge on any atom is -0.493 e. The number of nitrogens with zero attached hydrogens (tertiary/aromatic N) is 2.